The first-order valence-corrected chi connectivity index (χ1v) is 7.92. The summed E-state index contributed by atoms with van der Waals surface area (Å²) in [7, 11) is 3.24. The van der Waals surface area contributed by atoms with E-state index in [1.54, 1.807) is 14.2 Å². The van der Waals surface area contributed by atoms with Crippen molar-refractivity contribution in [3.8, 4) is 11.5 Å². The number of amides is 1. The molecule has 0 radical (unpaired) electrons. The monoisotopic (exact) mass is 322 g/mol. The number of carbonyl (C=O) groups excluding carboxylic acids is 1. The van der Waals surface area contributed by atoms with Gasteiger partial charge in [0.25, 0.3) is 0 Å². The molecule has 1 N–H and O–H groups in total. The number of hydrogen-bond acceptors (Lipinski definition) is 5. The van der Waals surface area contributed by atoms with Crippen LogP contribution in [0.3, 0.4) is 0 Å². The minimum absolute atomic E-state index is 0.0116. The number of morpholine rings is 1. The predicted molar refractivity (Wildman–Crippen MR) is 88.3 cm³/mol. The minimum atomic E-state index is -0.0116. The smallest absolute Gasteiger partial charge is 0.224 e. The predicted octanol–water partition coefficient (Wildman–Crippen LogP) is 1.00. The topological polar surface area (TPSA) is 60.0 Å². The van der Waals surface area contributed by atoms with Crippen LogP contribution in [-0.4, -0.2) is 64.4 Å². The SMILES string of the molecule is COc1cc(CC(=O)NCCN2CCOCC2)c(OC)cc1C. The summed E-state index contributed by atoms with van der Waals surface area (Å²) in [6.45, 7) is 6.85. The molecule has 23 heavy (non-hydrogen) atoms. The van der Waals surface area contributed by atoms with E-state index in [0.29, 0.717) is 12.3 Å². The maximum Gasteiger partial charge on any atom is 0.224 e. The number of nitrogens with zero attached hydrogens (tertiary/aromatic N) is 1. The number of hydrogen-bond donors (Lipinski definition) is 1. The number of nitrogens with one attached hydrogen (secondary N) is 1. The van der Waals surface area contributed by atoms with Crippen molar-refractivity contribution >= 4 is 5.91 Å². The van der Waals surface area contributed by atoms with Gasteiger partial charge in [0.15, 0.2) is 0 Å². The minimum Gasteiger partial charge on any atom is -0.496 e. The molecule has 6 heteroatoms. The van der Waals surface area contributed by atoms with Gasteiger partial charge in [0.2, 0.25) is 5.91 Å². The van der Waals surface area contributed by atoms with Crippen LogP contribution in [0.15, 0.2) is 12.1 Å². The Kier molecular flexibility index (Phi) is 6.67. The highest BCUT2D eigenvalue weighted by Gasteiger charge is 2.13. The van der Waals surface area contributed by atoms with E-state index in [9.17, 15) is 4.79 Å². The van der Waals surface area contributed by atoms with Gasteiger partial charge in [0.1, 0.15) is 11.5 Å². The lowest BCUT2D eigenvalue weighted by molar-refractivity contribution is -0.120. The largest absolute Gasteiger partial charge is 0.496 e. The summed E-state index contributed by atoms with van der Waals surface area (Å²) in [5.74, 6) is 1.47. The Hall–Kier alpha value is -1.79. The number of rotatable bonds is 7. The van der Waals surface area contributed by atoms with Crippen molar-refractivity contribution in [1.82, 2.24) is 10.2 Å². The van der Waals surface area contributed by atoms with Gasteiger partial charge >= 0.3 is 0 Å². The molecular weight excluding hydrogens is 296 g/mol. The van der Waals surface area contributed by atoms with Gasteiger partial charge < -0.3 is 19.5 Å². The highest BCUT2D eigenvalue weighted by atomic mass is 16.5. The van der Waals surface area contributed by atoms with Crippen molar-refractivity contribution in [3.63, 3.8) is 0 Å². The lowest BCUT2D eigenvalue weighted by atomic mass is 10.1. The lowest BCUT2D eigenvalue weighted by Crippen LogP contribution is -2.41. The highest BCUT2D eigenvalue weighted by molar-refractivity contribution is 5.79. The van der Waals surface area contributed by atoms with E-state index in [1.807, 2.05) is 19.1 Å². The van der Waals surface area contributed by atoms with Crippen LogP contribution in [-0.2, 0) is 16.0 Å². The second-order valence-corrected chi connectivity index (χ2v) is 5.61. The molecule has 0 saturated carbocycles. The molecule has 0 bridgehead atoms. The summed E-state index contributed by atoms with van der Waals surface area (Å²) >= 11 is 0. The molecule has 0 aliphatic carbocycles. The molecule has 1 amide bonds. The van der Waals surface area contributed by atoms with Crippen molar-refractivity contribution in [2.45, 2.75) is 13.3 Å². The molecule has 1 aliphatic heterocycles. The van der Waals surface area contributed by atoms with Crippen molar-refractivity contribution in [3.05, 3.63) is 23.3 Å². The molecule has 0 spiro atoms. The van der Waals surface area contributed by atoms with Crippen molar-refractivity contribution in [1.29, 1.82) is 0 Å². The van der Waals surface area contributed by atoms with Gasteiger partial charge in [-0.25, -0.2) is 0 Å². The Labute approximate surface area is 137 Å². The second-order valence-electron chi connectivity index (χ2n) is 5.61. The Balaban J connectivity index is 1.86. The Bertz CT molecular complexity index is 528. The number of ether oxygens (including phenoxy) is 3. The van der Waals surface area contributed by atoms with Crippen molar-refractivity contribution in [2.24, 2.45) is 0 Å². The van der Waals surface area contributed by atoms with E-state index >= 15 is 0 Å². The van der Waals surface area contributed by atoms with Crippen LogP contribution in [0.2, 0.25) is 0 Å². The summed E-state index contributed by atoms with van der Waals surface area (Å²) in [6, 6.07) is 3.77. The van der Waals surface area contributed by atoms with Crippen molar-refractivity contribution < 1.29 is 19.0 Å². The molecule has 1 aromatic rings. The van der Waals surface area contributed by atoms with Crippen LogP contribution in [0.5, 0.6) is 11.5 Å². The third-order valence-corrected chi connectivity index (χ3v) is 4.00. The van der Waals surface area contributed by atoms with Crippen LogP contribution in [0.25, 0.3) is 0 Å². The fourth-order valence-electron chi connectivity index (χ4n) is 2.67. The average Bonchev–Trinajstić information content (AvgIpc) is 2.57. The van der Waals surface area contributed by atoms with Gasteiger partial charge in [-0.1, -0.05) is 0 Å². The number of benzene rings is 1. The molecule has 0 atom stereocenters. The number of carbonyl (C=O) groups is 1. The lowest BCUT2D eigenvalue weighted by Gasteiger charge is -2.26. The summed E-state index contributed by atoms with van der Waals surface area (Å²) in [4.78, 5) is 14.4. The van der Waals surface area contributed by atoms with Crippen molar-refractivity contribution in [2.75, 3.05) is 53.6 Å². The summed E-state index contributed by atoms with van der Waals surface area (Å²) in [6.07, 6.45) is 0.281. The van der Waals surface area contributed by atoms with E-state index in [0.717, 1.165) is 49.7 Å². The van der Waals surface area contributed by atoms with E-state index < -0.39 is 0 Å². The number of aryl methyl sites for hydroxylation is 1. The molecule has 1 fully saturated rings. The summed E-state index contributed by atoms with van der Waals surface area (Å²) in [5, 5.41) is 2.96. The third-order valence-electron chi connectivity index (χ3n) is 4.00. The van der Waals surface area contributed by atoms with E-state index in [-0.39, 0.29) is 12.3 Å². The summed E-state index contributed by atoms with van der Waals surface area (Å²) < 4.78 is 16.0. The standard InChI is InChI=1S/C17H26N2O4/c1-13-10-16(22-3)14(11-15(13)21-2)12-17(20)18-4-5-19-6-8-23-9-7-19/h10-11H,4-9,12H2,1-3H3,(H,18,20). The zero-order chi connectivity index (χ0) is 16.7. The fourth-order valence-corrected chi connectivity index (χ4v) is 2.67. The number of methoxy groups -OCH3 is 2. The molecule has 6 nitrogen and oxygen atoms in total. The molecule has 1 heterocycles. The van der Waals surface area contributed by atoms with Gasteiger partial charge in [-0.15, -0.1) is 0 Å². The van der Waals surface area contributed by atoms with Crippen LogP contribution < -0.4 is 14.8 Å². The van der Waals surface area contributed by atoms with Crippen LogP contribution in [0.4, 0.5) is 0 Å². The van der Waals surface area contributed by atoms with Gasteiger partial charge in [-0.05, 0) is 24.6 Å². The summed E-state index contributed by atoms with van der Waals surface area (Å²) in [5.41, 5.74) is 1.82. The van der Waals surface area contributed by atoms with E-state index in [2.05, 4.69) is 10.2 Å². The maximum atomic E-state index is 12.2. The zero-order valence-electron chi connectivity index (χ0n) is 14.2. The van der Waals surface area contributed by atoms with Crippen LogP contribution >= 0.6 is 0 Å². The zero-order valence-corrected chi connectivity index (χ0v) is 14.2. The Morgan fingerprint density at radius 2 is 1.91 bits per heavy atom. The van der Waals surface area contributed by atoms with E-state index in [4.69, 9.17) is 14.2 Å². The van der Waals surface area contributed by atoms with Gasteiger partial charge in [-0.2, -0.15) is 0 Å². The second kappa shape index (κ2) is 8.74. The fraction of sp³-hybridized carbons (Fsp3) is 0.588. The first kappa shape index (κ1) is 17.6. The first-order chi connectivity index (χ1) is 11.1. The maximum absolute atomic E-state index is 12.2. The molecular formula is C17H26N2O4. The highest BCUT2D eigenvalue weighted by Crippen LogP contribution is 2.28. The third kappa shape index (κ3) is 5.11. The Morgan fingerprint density at radius 1 is 1.22 bits per heavy atom. The molecule has 0 aromatic heterocycles. The molecule has 128 valence electrons. The molecule has 1 aromatic carbocycles. The first-order valence-electron chi connectivity index (χ1n) is 7.92. The van der Waals surface area contributed by atoms with E-state index in [1.165, 1.54) is 0 Å². The quantitative estimate of drug-likeness (QED) is 0.812. The normalized spacial score (nSPS) is 15.3. The molecule has 1 aliphatic rings. The molecule has 2 rings (SSSR count). The van der Waals surface area contributed by atoms with Crippen LogP contribution in [0.1, 0.15) is 11.1 Å². The van der Waals surface area contributed by atoms with Gasteiger partial charge in [-0.3, -0.25) is 9.69 Å². The molecule has 0 unspecified atom stereocenters. The Morgan fingerprint density at radius 3 is 2.57 bits per heavy atom. The van der Waals surface area contributed by atoms with Crippen LogP contribution in [0, 0.1) is 6.92 Å². The van der Waals surface area contributed by atoms with Gasteiger partial charge in [0.05, 0.1) is 33.9 Å². The average molecular weight is 322 g/mol. The van der Waals surface area contributed by atoms with Gasteiger partial charge in [0, 0.05) is 31.7 Å². The molecule has 1 saturated heterocycles.